The zero-order valence-electron chi connectivity index (χ0n) is 12.2. The van der Waals surface area contributed by atoms with Gasteiger partial charge in [-0.3, -0.25) is 4.90 Å². The van der Waals surface area contributed by atoms with Crippen LogP contribution in [0, 0.1) is 0 Å². The van der Waals surface area contributed by atoms with Crippen molar-refractivity contribution in [1.29, 1.82) is 0 Å². The fourth-order valence-corrected chi connectivity index (χ4v) is 2.45. The molecule has 1 aromatic carbocycles. The Bertz CT molecular complexity index is 498. The van der Waals surface area contributed by atoms with Crippen LogP contribution in [0.15, 0.2) is 29.2 Å². The van der Waals surface area contributed by atoms with Crippen molar-refractivity contribution in [3.8, 4) is 0 Å². The molecule has 0 spiro atoms. The van der Waals surface area contributed by atoms with Gasteiger partial charge in [0.25, 0.3) is 0 Å². The number of aliphatic hydroxyl groups excluding tert-OH is 1. The molecule has 0 bridgehead atoms. The molecule has 0 saturated heterocycles. The third kappa shape index (κ3) is 5.20. The van der Waals surface area contributed by atoms with Crippen molar-refractivity contribution < 1.29 is 18.3 Å². The highest BCUT2D eigenvalue weighted by Gasteiger charge is 2.13. The molecule has 114 valence electrons. The predicted molar refractivity (Wildman–Crippen MR) is 78.5 cm³/mol. The van der Waals surface area contributed by atoms with Gasteiger partial charge in [-0.1, -0.05) is 12.1 Å². The van der Waals surface area contributed by atoms with Crippen molar-refractivity contribution in [2.24, 2.45) is 0 Å². The first-order valence-electron chi connectivity index (χ1n) is 6.55. The van der Waals surface area contributed by atoms with Gasteiger partial charge in [-0.15, -0.1) is 0 Å². The predicted octanol–water partition coefficient (Wildman–Crippen LogP) is 1.09. The lowest BCUT2D eigenvalue weighted by molar-refractivity contribution is 0.0719. The van der Waals surface area contributed by atoms with E-state index in [9.17, 15) is 8.42 Å². The molecule has 1 unspecified atom stereocenters. The Labute approximate surface area is 121 Å². The van der Waals surface area contributed by atoms with Gasteiger partial charge in [0.15, 0.2) is 9.84 Å². The van der Waals surface area contributed by atoms with Gasteiger partial charge in [-0.25, -0.2) is 8.42 Å². The summed E-state index contributed by atoms with van der Waals surface area (Å²) in [7, 11) is -1.16. The summed E-state index contributed by atoms with van der Waals surface area (Å²) in [5.74, 6) is 0. The fraction of sp³-hybridized carbons (Fsp3) is 0.571. The molecule has 0 amide bonds. The van der Waals surface area contributed by atoms with Crippen LogP contribution in [0.1, 0.15) is 18.5 Å². The van der Waals surface area contributed by atoms with Crippen LogP contribution in [0.5, 0.6) is 0 Å². The van der Waals surface area contributed by atoms with E-state index < -0.39 is 9.84 Å². The number of hydrogen-bond donors (Lipinski definition) is 1. The van der Waals surface area contributed by atoms with Crippen molar-refractivity contribution in [1.82, 2.24) is 4.90 Å². The highest BCUT2D eigenvalue weighted by molar-refractivity contribution is 7.90. The van der Waals surface area contributed by atoms with E-state index in [2.05, 4.69) is 11.8 Å². The van der Waals surface area contributed by atoms with Crippen LogP contribution < -0.4 is 0 Å². The zero-order valence-corrected chi connectivity index (χ0v) is 13.1. The van der Waals surface area contributed by atoms with Crippen molar-refractivity contribution in [2.75, 3.05) is 39.7 Å². The Morgan fingerprint density at radius 1 is 1.25 bits per heavy atom. The van der Waals surface area contributed by atoms with Gasteiger partial charge < -0.3 is 9.84 Å². The lowest BCUT2D eigenvalue weighted by Gasteiger charge is -2.25. The standard InChI is InChI=1S/C14H23NO4S/c1-12(15(2)8-10-19-11-9-16)13-4-6-14(7-5-13)20(3,17)18/h4-7,12,16H,8-11H2,1-3H3. The van der Waals surface area contributed by atoms with E-state index in [1.807, 2.05) is 19.2 Å². The average molecular weight is 301 g/mol. The normalized spacial score (nSPS) is 13.7. The summed E-state index contributed by atoms with van der Waals surface area (Å²) < 4.78 is 28.0. The van der Waals surface area contributed by atoms with Gasteiger partial charge >= 0.3 is 0 Å². The van der Waals surface area contributed by atoms with Crippen molar-refractivity contribution in [3.05, 3.63) is 29.8 Å². The third-order valence-corrected chi connectivity index (χ3v) is 4.40. The molecule has 0 saturated carbocycles. The Morgan fingerprint density at radius 2 is 1.85 bits per heavy atom. The minimum Gasteiger partial charge on any atom is -0.394 e. The second-order valence-electron chi connectivity index (χ2n) is 4.83. The van der Waals surface area contributed by atoms with Gasteiger partial charge in [-0.05, 0) is 31.7 Å². The number of rotatable bonds is 8. The second-order valence-corrected chi connectivity index (χ2v) is 6.85. The van der Waals surface area contributed by atoms with Crippen molar-refractivity contribution in [2.45, 2.75) is 17.9 Å². The van der Waals surface area contributed by atoms with Gasteiger partial charge in [0, 0.05) is 18.8 Å². The van der Waals surface area contributed by atoms with Crippen LogP contribution in [0.4, 0.5) is 0 Å². The van der Waals surface area contributed by atoms with Crippen LogP contribution in [0.2, 0.25) is 0 Å². The third-order valence-electron chi connectivity index (χ3n) is 3.28. The molecule has 0 fully saturated rings. The quantitative estimate of drug-likeness (QED) is 0.728. The molecule has 1 rings (SSSR count). The molecule has 0 radical (unpaired) electrons. The van der Waals surface area contributed by atoms with Gasteiger partial charge in [0.2, 0.25) is 0 Å². The Balaban J connectivity index is 2.60. The molecule has 0 aliphatic rings. The summed E-state index contributed by atoms with van der Waals surface area (Å²) in [5, 5.41) is 8.62. The van der Waals surface area contributed by atoms with E-state index in [0.29, 0.717) is 18.1 Å². The highest BCUT2D eigenvalue weighted by atomic mass is 32.2. The number of aliphatic hydroxyl groups is 1. The van der Waals surface area contributed by atoms with Crippen molar-refractivity contribution in [3.63, 3.8) is 0 Å². The monoisotopic (exact) mass is 301 g/mol. The van der Waals surface area contributed by atoms with E-state index >= 15 is 0 Å². The van der Waals surface area contributed by atoms with Crippen LogP contribution in [-0.2, 0) is 14.6 Å². The van der Waals surface area contributed by atoms with E-state index in [4.69, 9.17) is 9.84 Å². The van der Waals surface area contributed by atoms with Gasteiger partial charge in [0.1, 0.15) is 0 Å². The van der Waals surface area contributed by atoms with Gasteiger partial charge in [-0.2, -0.15) is 0 Å². The smallest absolute Gasteiger partial charge is 0.175 e. The first-order chi connectivity index (χ1) is 9.36. The number of ether oxygens (including phenoxy) is 1. The van der Waals surface area contributed by atoms with E-state index in [-0.39, 0.29) is 12.6 Å². The molecule has 6 heteroatoms. The van der Waals surface area contributed by atoms with E-state index in [1.165, 1.54) is 6.26 Å². The molecule has 20 heavy (non-hydrogen) atoms. The maximum absolute atomic E-state index is 11.4. The second kappa shape index (κ2) is 7.73. The minimum atomic E-state index is -3.14. The maximum atomic E-state index is 11.4. The molecule has 0 heterocycles. The number of benzene rings is 1. The summed E-state index contributed by atoms with van der Waals surface area (Å²) in [4.78, 5) is 2.45. The lowest BCUT2D eigenvalue weighted by Crippen LogP contribution is -2.26. The Kier molecular flexibility index (Phi) is 6.61. The Hall–Kier alpha value is -0.950. The van der Waals surface area contributed by atoms with Crippen LogP contribution >= 0.6 is 0 Å². The SMILES string of the molecule is CC(c1ccc(S(C)(=O)=O)cc1)N(C)CCOCCO. The minimum absolute atomic E-state index is 0.0340. The average Bonchev–Trinajstić information content (AvgIpc) is 2.41. The number of sulfone groups is 1. The molecule has 5 nitrogen and oxygen atoms in total. The molecule has 1 atom stereocenters. The van der Waals surface area contributed by atoms with Crippen LogP contribution in [-0.4, -0.2) is 58.1 Å². The zero-order chi connectivity index (χ0) is 15.2. The first kappa shape index (κ1) is 17.1. The fourth-order valence-electron chi connectivity index (χ4n) is 1.82. The molecule has 1 N–H and O–H groups in total. The molecular weight excluding hydrogens is 278 g/mol. The maximum Gasteiger partial charge on any atom is 0.175 e. The van der Waals surface area contributed by atoms with E-state index in [0.717, 1.165) is 12.1 Å². The highest BCUT2D eigenvalue weighted by Crippen LogP contribution is 2.20. The number of nitrogens with zero attached hydrogens (tertiary/aromatic N) is 1. The molecule has 0 aromatic heterocycles. The van der Waals surface area contributed by atoms with Crippen LogP contribution in [0.25, 0.3) is 0 Å². The molecule has 1 aromatic rings. The summed E-state index contributed by atoms with van der Waals surface area (Å²) in [6.45, 7) is 3.75. The lowest BCUT2D eigenvalue weighted by atomic mass is 10.1. The van der Waals surface area contributed by atoms with Crippen LogP contribution in [0.3, 0.4) is 0 Å². The summed E-state index contributed by atoms with van der Waals surface area (Å²) in [5.41, 5.74) is 1.06. The Morgan fingerprint density at radius 3 is 2.35 bits per heavy atom. The molecular formula is C14H23NO4S. The van der Waals surface area contributed by atoms with Crippen molar-refractivity contribution >= 4 is 9.84 Å². The summed E-state index contributed by atoms with van der Waals surface area (Å²) >= 11 is 0. The number of hydrogen-bond acceptors (Lipinski definition) is 5. The first-order valence-corrected chi connectivity index (χ1v) is 8.44. The number of likely N-dealkylation sites (N-methyl/N-ethyl adjacent to an activating group) is 1. The van der Waals surface area contributed by atoms with Gasteiger partial charge in [0.05, 0.1) is 24.7 Å². The van der Waals surface area contributed by atoms with E-state index in [1.54, 1.807) is 12.1 Å². The summed E-state index contributed by atoms with van der Waals surface area (Å²) in [6, 6.07) is 7.12. The topological polar surface area (TPSA) is 66.8 Å². The molecule has 0 aliphatic carbocycles. The summed E-state index contributed by atoms with van der Waals surface area (Å²) in [6.07, 6.45) is 1.20. The largest absolute Gasteiger partial charge is 0.394 e. The molecule has 0 aliphatic heterocycles.